The van der Waals surface area contributed by atoms with Gasteiger partial charge in [0.15, 0.2) is 0 Å². The molecule has 2 N–H and O–H groups in total. The van der Waals surface area contributed by atoms with E-state index in [4.69, 9.17) is 9.84 Å². The second-order valence-corrected chi connectivity index (χ2v) is 5.14. The van der Waals surface area contributed by atoms with Gasteiger partial charge in [-0.3, -0.25) is 4.79 Å². The van der Waals surface area contributed by atoms with Crippen LogP contribution in [-0.2, 0) is 14.3 Å². The first-order valence-electron chi connectivity index (χ1n) is 7.83. The van der Waals surface area contributed by atoms with Gasteiger partial charge in [-0.15, -0.1) is 0 Å². The highest BCUT2D eigenvalue weighted by Gasteiger charge is 2.17. The van der Waals surface area contributed by atoms with Crippen molar-refractivity contribution in [1.29, 1.82) is 0 Å². The summed E-state index contributed by atoms with van der Waals surface area (Å²) in [6, 6.07) is 7.28. The van der Waals surface area contributed by atoms with E-state index in [2.05, 4.69) is 6.58 Å². The fraction of sp³-hybridized carbons (Fsp3) is 0.444. The zero-order valence-electron chi connectivity index (χ0n) is 14.8. The molecule has 0 saturated heterocycles. The summed E-state index contributed by atoms with van der Waals surface area (Å²) in [5, 5.41) is 18.9. The number of carbonyl (C=O) groups is 2. The van der Waals surface area contributed by atoms with Gasteiger partial charge in [-0.2, -0.15) is 0 Å². The lowest BCUT2D eigenvalue weighted by Gasteiger charge is -2.25. The number of carboxylic acid groups (broad SMARTS) is 1. The van der Waals surface area contributed by atoms with Crippen LogP contribution in [0.1, 0.15) is 26.3 Å². The molecule has 24 heavy (non-hydrogen) atoms. The Morgan fingerprint density at radius 3 is 2.25 bits per heavy atom. The molecule has 134 valence electrons. The second kappa shape index (κ2) is 11.2. The Balaban J connectivity index is 0.00000254. The van der Waals surface area contributed by atoms with Crippen LogP contribution in [0, 0.1) is 6.92 Å². The lowest BCUT2D eigenvalue weighted by atomic mass is 10.2. The second-order valence-electron chi connectivity index (χ2n) is 5.14. The van der Waals surface area contributed by atoms with E-state index in [1.165, 1.54) is 11.8 Å². The fourth-order valence-corrected chi connectivity index (χ4v) is 1.78. The summed E-state index contributed by atoms with van der Waals surface area (Å²) < 4.78 is 4.86. The summed E-state index contributed by atoms with van der Waals surface area (Å²) in [6.45, 7) is 10.5. The average molecular weight is 337 g/mol. The maximum Gasteiger partial charge on any atom is 0.333 e. The Hall–Kier alpha value is -2.34. The van der Waals surface area contributed by atoms with Gasteiger partial charge in [0, 0.05) is 17.8 Å². The third kappa shape index (κ3) is 8.33. The minimum Gasteiger partial charge on any atom is -0.480 e. The van der Waals surface area contributed by atoms with Crippen molar-refractivity contribution in [3.63, 3.8) is 0 Å². The Morgan fingerprint density at radius 2 is 1.79 bits per heavy atom. The third-order valence-corrected chi connectivity index (χ3v) is 2.91. The molecule has 0 bridgehead atoms. The number of aliphatic carboxylic acids is 1. The predicted octanol–water partition coefficient (Wildman–Crippen LogP) is 2.39. The SMILES string of the molecule is C=C(C)C(=O)OCC(O)CN(CC(=O)O)c1ccc(C)cc1.CC. The van der Waals surface area contributed by atoms with Crippen molar-refractivity contribution in [2.45, 2.75) is 33.8 Å². The van der Waals surface area contributed by atoms with E-state index in [1.54, 1.807) is 12.1 Å². The van der Waals surface area contributed by atoms with Gasteiger partial charge in [-0.25, -0.2) is 4.79 Å². The van der Waals surface area contributed by atoms with E-state index in [0.29, 0.717) is 5.69 Å². The van der Waals surface area contributed by atoms with E-state index in [0.717, 1.165) is 5.56 Å². The molecular weight excluding hydrogens is 310 g/mol. The first-order valence-corrected chi connectivity index (χ1v) is 7.83. The van der Waals surface area contributed by atoms with Gasteiger partial charge < -0.3 is 19.8 Å². The number of aryl methyl sites for hydroxylation is 1. The number of hydrogen-bond acceptors (Lipinski definition) is 5. The number of hydrogen-bond donors (Lipinski definition) is 2. The van der Waals surface area contributed by atoms with E-state index in [1.807, 2.05) is 32.9 Å². The van der Waals surface area contributed by atoms with E-state index >= 15 is 0 Å². The minimum absolute atomic E-state index is 0.0405. The van der Waals surface area contributed by atoms with E-state index < -0.39 is 18.0 Å². The van der Waals surface area contributed by atoms with Crippen LogP contribution in [0.5, 0.6) is 0 Å². The number of carboxylic acids is 1. The molecule has 1 aromatic rings. The van der Waals surface area contributed by atoms with Crippen LogP contribution in [0.25, 0.3) is 0 Å². The van der Waals surface area contributed by atoms with Gasteiger partial charge in [0.25, 0.3) is 0 Å². The molecule has 6 heteroatoms. The van der Waals surface area contributed by atoms with Crippen molar-refractivity contribution >= 4 is 17.6 Å². The number of carbonyl (C=O) groups excluding carboxylic acids is 1. The van der Waals surface area contributed by atoms with Gasteiger partial charge in [-0.05, 0) is 26.0 Å². The lowest BCUT2D eigenvalue weighted by molar-refractivity contribution is -0.142. The fourth-order valence-electron chi connectivity index (χ4n) is 1.78. The molecule has 1 aromatic carbocycles. The first-order chi connectivity index (χ1) is 11.3. The molecule has 1 atom stereocenters. The molecule has 0 saturated carbocycles. The third-order valence-electron chi connectivity index (χ3n) is 2.91. The largest absolute Gasteiger partial charge is 0.480 e. The van der Waals surface area contributed by atoms with E-state index in [9.17, 15) is 14.7 Å². The topological polar surface area (TPSA) is 87.1 Å². The number of rotatable bonds is 8. The van der Waals surface area contributed by atoms with Crippen molar-refractivity contribution in [3.05, 3.63) is 42.0 Å². The zero-order valence-corrected chi connectivity index (χ0v) is 14.8. The monoisotopic (exact) mass is 337 g/mol. The summed E-state index contributed by atoms with van der Waals surface area (Å²) in [4.78, 5) is 23.8. The van der Waals surface area contributed by atoms with Gasteiger partial charge in [-0.1, -0.05) is 38.1 Å². The highest BCUT2D eigenvalue weighted by atomic mass is 16.5. The molecule has 1 unspecified atom stereocenters. The van der Waals surface area contributed by atoms with Crippen molar-refractivity contribution in [2.24, 2.45) is 0 Å². The van der Waals surface area contributed by atoms with Gasteiger partial charge in [0.05, 0.1) is 0 Å². The lowest BCUT2D eigenvalue weighted by Crippen LogP contribution is -2.38. The zero-order chi connectivity index (χ0) is 18.7. The Labute approximate surface area is 143 Å². The molecular formula is C18H27NO5. The van der Waals surface area contributed by atoms with Crippen molar-refractivity contribution in [1.82, 2.24) is 0 Å². The molecule has 0 aliphatic carbocycles. The Kier molecular flexibility index (Phi) is 10.1. The summed E-state index contributed by atoms with van der Waals surface area (Å²) in [7, 11) is 0. The van der Waals surface area contributed by atoms with Crippen molar-refractivity contribution in [3.8, 4) is 0 Å². The van der Waals surface area contributed by atoms with Crippen molar-refractivity contribution in [2.75, 3.05) is 24.6 Å². The molecule has 0 aliphatic rings. The van der Waals surface area contributed by atoms with Gasteiger partial charge >= 0.3 is 11.9 Å². The summed E-state index contributed by atoms with van der Waals surface area (Å²) >= 11 is 0. The maximum absolute atomic E-state index is 11.3. The number of aliphatic hydroxyl groups is 1. The molecule has 0 heterocycles. The van der Waals surface area contributed by atoms with Crippen LogP contribution in [-0.4, -0.2) is 48.0 Å². The smallest absolute Gasteiger partial charge is 0.333 e. The highest BCUT2D eigenvalue weighted by Crippen LogP contribution is 2.15. The van der Waals surface area contributed by atoms with Gasteiger partial charge in [0.2, 0.25) is 0 Å². The van der Waals surface area contributed by atoms with Crippen LogP contribution in [0.4, 0.5) is 5.69 Å². The molecule has 0 aromatic heterocycles. The number of nitrogens with zero attached hydrogens (tertiary/aromatic N) is 1. The van der Waals surface area contributed by atoms with Crippen LogP contribution < -0.4 is 4.90 Å². The highest BCUT2D eigenvalue weighted by molar-refractivity contribution is 5.86. The number of ether oxygens (including phenoxy) is 1. The molecule has 6 nitrogen and oxygen atoms in total. The normalized spacial score (nSPS) is 10.9. The number of aliphatic hydroxyl groups excluding tert-OH is 1. The Morgan fingerprint density at radius 1 is 1.25 bits per heavy atom. The van der Waals surface area contributed by atoms with Crippen molar-refractivity contribution < 1.29 is 24.5 Å². The average Bonchev–Trinajstić information content (AvgIpc) is 2.54. The number of esters is 1. The first kappa shape index (κ1) is 21.7. The number of anilines is 1. The molecule has 0 spiro atoms. The molecule has 1 rings (SSSR count). The predicted molar refractivity (Wildman–Crippen MR) is 94.2 cm³/mol. The van der Waals surface area contributed by atoms with Crippen LogP contribution in [0.15, 0.2) is 36.4 Å². The minimum atomic E-state index is -1.01. The number of benzene rings is 1. The Bertz CT molecular complexity index is 539. The van der Waals surface area contributed by atoms with Crippen LogP contribution >= 0.6 is 0 Å². The molecule has 0 fully saturated rings. The molecule has 0 aliphatic heterocycles. The molecule has 0 amide bonds. The van der Waals surface area contributed by atoms with E-state index in [-0.39, 0.29) is 25.3 Å². The summed E-state index contributed by atoms with van der Waals surface area (Å²) in [5.41, 5.74) is 1.97. The standard InChI is InChI=1S/C16H21NO5.C2H6/c1-11(2)16(21)22-10-14(18)8-17(9-15(19)20)13-6-4-12(3)5-7-13;1-2/h4-7,14,18H,1,8-10H2,2-3H3,(H,19,20);1-2H3. The van der Waals surface area contributed by atoms with Crippen LogP contribution in [0.2, 0.25) is 0 Å². The maximum atomic E-state index is 11.3. The molecule has 0 radical (unpaired) electrons. The quantitative estimate of drug-likeness (QED) is 0.559. The van der Waals surface area contributed by atoms with Crippen LogP contribution in [0.3, 0.4) is 0 Å². The summed E-state index contributed by atoms with van der Waals surface area (Å²) in [6.07, 6.45) is -0.996. The summed E-state index contributed by atoms with van der Waals surface area (Å²) in [5.74, 6) is -1.59. The van der Waals surface area contributed by atoms with Gasteiger partial charge in [0.1, 0.15) is 19.3 Å².